The molecule has 4 nitrogen and oxygen atoms in total. The Kier molecular flexibility index (Phi) is 3.58. The third-order valence-electron chi connectivity index (χ3n) is 3.25. The predicted molar refractivity (Wildman–Crippen MR) is 78.0 cm³/mol. The van der Waals surface area contributed by atoms with Crippen molar-refractivity contribution in [2.45, 2.75) is 24.3 Å². The van der Waals surface area contributed by atoms with Crippen molar-refractivity contribution in [3.8, 4) is 0 Å². The number of hydrogen-bond donors (Lipinski definition) is 1. The van der Waals surface area contributed by atoms with E-state index < -0.39 is 15.6 Å². The summed E-state index contributed by atoms with van der Waals surface area (Å²) in [6.45, 7) is 6.99. The Morgan fingerprint density at radius 2 is 1.85 bits per heavy atom. The van der Waals surface area contributed by atoms with Crippen LogP contribution in [0.3, 0.4) is 0 Å². The fourth-order valence-corrected chi connectivity index (χ4v) is 2.97. The van der Waals surface area contributed by atoms with Crippen LogP contribution in [0.4, 0.5) is 0 Å². The number of aryl methyl sites for hydroxylation is 1. The summed E-state index contributed by atoms with van der Waals surface area (Å²) in [5.41, 5.74) is 0.212. The van der Waals surface area contributed by atoms with Crippen molar-refractivity contribution in [2.24, 2.45) is 0 Å². The molecule has 106 valence electrons. The van der Waals surface area contributed by atoms with E-state index >= 15 is 0 Å². The Hall–Kier alpha value is -1.85. The number of hydrogen-bond acceptors (Lipinski definition) is 3. The lowest BCUT2D eigenvalue weighted by molar-refractivity contribution is 0.112. The molecule has 2 rings (SSSR count). The number of rotatable bonds is 4. The Labute approximate surface area is 119 Å². The van der Waals surface area contributed by atoms with E-state index in [9.17, 15) is 13.5 Å². The van der Waals surface area contributed by atoms with Crippen molar-refractivity contribution in [2.75, 3.05) is 0 Å². The SMILES string of the molecule is C=CC(C)(O)c1ccn(S(=O)(=O)c2ccc(C)cc2)c1. The minimum absolute atomic E-state index is 0.212. The second-order valence-electron chi connectivity index (χ2n) is 4.90. The van der Waals surface area contributed by atoms with Gasteiger partial charge in [0.1, 0.15) is 5.60 Å². The van der Waals surface area contributed by atoms with Gasteiger partial charge in [0.2, 0.25) is 0 Å². The molecule has 1 atom stereocenters. The molecule has 5 heteroatoms. The van der Waals surface area contributed by atoms with E-state index in [1.807, 2.05) is 6.92 Å². The largest absolute Gasteiger partial charge is 0.381 e. The van der Waals surface area contributed by atoms with Gasteiger partial charge in [0, 0.05) is 18.0 Å². The molecule has 0 bridgehead atoms. The Balaban J connectivity index is 2.46. The summed E-state index contributed by atoms with van der Waals surface area (Å²) in [5, 5.41) is 10.1. The van der Waals surface area contributed by atoms with Gasteiger partial charge in [-0.2, -0.15) is 0 Å². The molecule has 0 aliphatic rings. The van der Waals surface area contributed by atoms with E-state index in [2.05, 4.69) is 6.58 Å². The average Bonchev–Trinajstić information content (AvgIpc) is 2.90. The summed E-state index contributed by atoms with van der Waals surface area (Å²) < 4.78 is 26.0. The standard InChI is InChI=1S/C15H17NO3S/c1-4-15(3,17)13-9-10-16(11-13)20(18,19)14-7-5-12(2)6-8-14/h4-11,17H,1H2,2-3H3. The Morgan fingerprint density at radius 1 is 1.25 bits per heavy atom. The highest BCUT2D eigenvalue weighted by molar-refractivity contribution is 7.90. The van der Waals surface area contributed by atoms with Crippen molar-refractivity contribution in [1.29, 1.82) is 0 Å². The van der Waals surface area contributed by atoms with Crippen LogP contribution in [0.2, 0.25) is 0 Å². The van der Waals surface area contributed by atoms with E-state index in [0.717, 1.165) is 9.54 Å². The van der Waals surface area contributed by atoms with Crippen molar-refractivity contribution in [3.63, 3.8) is 0 Å². The second kappa shape index (κ2) is 4.92. The zero-order valence-electron chi connectivity index (χ0n) is 11.4. The normalized spacial score (nSPS) is 14.8. The number of aromatic nitrogens is 1. The minimum Gasteiger partial charge on any atom is -0.381 e. The van der Waals surface area contributed by atoms with Gasteiger partial charge >= 0.3 is 0 Å². The lowest BCUT2D eigenvalue weighted by Crippen LogP contribution is -2.17. The summed E-state index contributed by atoms with van der Waals surface area (Å²) in [6, 6.07) is 8.19. The van der Waals surface area contributed by atoms with Crippen LogP contribution < -0.4 is 0 Å². The van der Waals surface area contributed by atoms with Gasteiger partial charge in [0.25, 0.3) is 10.0 Å². The van der Waals surface area contributed by atoms with Crippen LogP contribution in [-0.2, 0) is 15.6 Å². The highest BCUT2D eigenvalue weighted by atomic mass is 32.2. The molecule has 0 aliphatic carbocycles. The molecule has 0 aliphatic heterocycles. The number of nitrogens with zero attached hydrogens (tertiary/aromatic N) is 1. The van der Waals surface area contributed by atoms with Gasteiger partial charge in [-0.15, -0.1) is 0 Å². The molecule has 1 aromatic heterocycles. The lowest BCUT2D eigenvalue weighted by atomic mass is 10.00. The maximum absolute atomic E-state index is 12.4. The zero-order chi connectivity index (χ0) is 15.0. The summed E-state index contributed by atoms with van der Waals surface area (Å²) in [6.07, 6.45) is 4.19. The van der Waals surface area contributed by atoms with Crippen LogP contribution in [0.5, 0.6) is 0 Å². The van der Waals surface area contributed by atoms with E-state index in [4.69, 9.17) is 0 Å². The summed E-state index contributed by atoms with van der Waals surface area (Å²) in [5.74, 6) is 0. The average molecular weight is 291 g/mol. The minimum atomic E-state index is -3.63. The molecule has 0 radical (unpaired) electrons. The third kappa shape index (κ3) is 2.55. The van der Waals surface area contributed by atoms with Crippen LogP contribution in [0, 0.1) is 6.92 Å². The fourth-order valence-electron chi connectivity index (χ4n) is 1.78. The van der Waals surface area contributed by atoms with Crippen LogP contribution in [0.15, 0.2) is 60.3 Å². The molecule has 1 N–H and O–H groups in total. The maximum atomic E-state index is 12.4. The van der Waals surface area contributed by atoms with E-state index in [1.165, 1.54) is 18.5 Å². The summed E-state index contributed by atoms with van der Waals surface area (Å²) in [7, 11) is -3.63. The molecular weight excluding hydrogens is 274 g/mol. The molecule has 20 heavy (non-hydrogen) atoms. The summed E-state index contributed by atoms with van der Waals surface area (Å²) >= 11 is 0. The van der Waals surface area contributed by atoms with Crippen molar-refractivity contribution < 1.29 is 13.5 Å². The van der Waals surface area contributed by atoms with Gasteiger partial charge in [-0.3, -0.25) is 0 Å². The molecule has 2 aromatic rings. The molecule has 0 saturated heterocycles. The predicted octanol–water partition coefficient (Wildman–Crippen LogP) is 2.43. The second-order valence-corrected chi connectivity index (χ2v) is 6.74. The fraction of sp³-hybridized carbons (Fsp3) is 0.200. The van der Waals surface area contributed by atoms with Crippen LogP contribution in [0.25, 0.3) is 0 Å². The Bertz CT molecular complexity index is 725. The molecular formula is C15H17NO3S. The van der Waals surface area contributed by atoms with Crippen molar-refractivity contribution in [3.05, 3.63) is 66.5 Å². The molecule has 0 saturated carbocycles. The van der Waals surface area contributed by atoms with E-state index in [-0.39, 0.29) is 4.90 Å². The maximum Gasteiger partial charge on any atom is 0.267 e. The smallest absolute Gasteiger partial charge is 0.267 e. The van der Waals surface area contributed by atoms with Crippen molar-refractivity contribution in [1.82, 2.24) is 3.97 Å². The van der Waals surface area contributed by atoms with Gasteiger partial charge in [-0.25, -0.2) is 12.4 Å². The first-order chi connectivity index (χ1) is 9.27. The highest BCUT2D eigenvalue weighted by Crippen LogP contribution is 2.24. The van der Waals surface area contributed by atoms with E-state index in [0.29, 0.717) is 5.56 Å². The summed E-state index contributed by atoms with van der Waals surface area (Å²) in [4.78, 5) is 0.212. The molecule has 1 aromatic carbocycles. The van der Waals surface area contributed by atoms with Crippen LogP contribution in [0.1, 0.15) is 18.1 Å². The number of benzene rings is 1. The topological polar surface area (TPSA) is 59.3 Å². The van der Waals surface area contributed by atoms with E-state index in [1.54, 1.807) is 37.3 Å². The van der Waals surface area contributed by atoms with Gasteiger partial charge < -0.3 is 5.11 Å². The number of aliphatic hydroxyl groups is 1. The van der Waals surface area contributed by atoms with Crippen LogP contribution in [-0.4, -0.2) is 17.5 Å². The Morgan fingerprint density at radius 3 is 2.40 bits per heavy atom. The highest BCUT2D eigenvalue weighted by Gasteiger charge is 2.23. The third-order valence-corrected chi connectivity index (χ3v) is 4.90. The molecule has 0 amide bonds. The molecule has 0 fully saturated rings. The van der Waals surface area contributed by atoms with Crippen molar-refractivity contribution >= 4 is 10.0 Å². The molecule has 0 spiro atoms. The zero-order valence-corrected chi connectivity index (χ0v) is 12.3. The van der Waals surface area contributed by atoms with Gasteiger partial charge in [-0.05, 0) is 32.0 Å². The first-order valence-electron chi connectivity index (χ1n) is 6.14. The van der Waals surface area contributed by atoms with Gasteiger partial charge in [-0.1, -0.05) is 30.4 Å². The first kappa shape index (κ1) is 14.6. The monoisotopic (exact) mass is 291 g/mol. The van der Waals surface area contributed by atoms with Crippen LogP contribution >= 0.6 is 0 Å². The van der Waals surface area contributed by atoms with Gasteiger partial charge in [0.05, 0.1) is 4.90 Å². The first-order valence-corrected chi connectivity index (χ1v) is 7.58. The molecule has 1 heterocycles. The quantitative estimate of drug-likeness (QED) is 0.880. The molecule has 1 unspecified atom stereocenters. The van der Waals surface area contributed by atoms with Gasteiger partial charge in [0.15, 0.2) is 0 Å². The lowest BCUT2D eigenvalue weighted by Gasteiger charge is -2.16.